The highest BCUT2D eigenvalue weighted by atomic mass is 19.4. The molecular weight excluding hydrogens is 417 g/mol. The lowest BCUT2D eigenvalue weighted by Gasteiger charge is -2.24. The zero-order valence-electron chi connectivity index (χ0n) is 16.2. The van der Waals surface area contributed by atoms with Crippen LogP contribution in [0.5, 0.6) is 5.75 Å². The second-order valence-corrected chi connectivity index (χ2v) is 7.50. The SMILES string of the molecule is CC1(Cc2ccccc2OC(F)(F)F)C(=O)Nc2cc(-c3ccc(F)cc3F)ccc21. The molecule has 1 aliphatic rings. The van der Waals surface area contributed by atoms with E-state index in [-0.39, 0.29) is 23.3 Å². The Balaban J connectivity index is 1.70. The van der Waals surface area contributed by atoms with Crippen LogP contribution < -0.4 is 10.1 Å². The van der Waals surface area contributed by atoms with Gasteiger partial charge >= 0.3 is 6.36 Å². The number of rotatable bonds is 4. The highest BCUT2D eigenvalue weighted by molar-refractivity contribution is 6.06. The minimum Gasteiger partial charge on any atom is -0.406 e. The first-order chi connectivity index (χ1) is 14.6. The fraction of sp³-hybridized carbons (Fsp3) is 0.174. The van der Waals surface area contributed by atoms with Crippen LogP contribution in [-0.2, 0) is 16.6 Å². The van der Waals surface area contributed by atoms with Gasteiger partial charge in [0.1, 0.15) is 17.4 Å². The van der Waals surface area contributed by atoms with Crippen molar-refractivity contribution in [1.29, 1.82) is 0 Å². The van der Waals surface area contributed by atoms with Crippen LogP contribution in [0.25, 0.3) is 11.1 Å². The Morgan fingerprint density at radius 2 is 1.74 bits per heavy atom. The first kappa shape index (κ1) is 20.8. The Hall–Kier alpha value is -3.42. The molecule has 8 heteroatoms. The van der Waals surface area contributed by atoms with Crippen LogP contribution in [-0.4, -0.2) is 12.3 Å². The third-order valence-electron chi connectivity index (χ3n) is 5.35. The zero-order valence-corrected chi connectivity index (χ0v) is 16.2. The minimum atomic E-state index is -4.86. The second kappa shape index (κ2) is 7.37. The molecule has 1 heterocycles. The van der Waals surface area contributed by atoms with Crippen LogP contribution in [0, 0.1) is 11.6 Å². The molecule has 0 aromatic heterocycles. The number of anilines is 1. The highest BCUT2D eigenvalue weighted by Crippen LogP contribution is 2.43. The normalized spacial score (nSPS) is 17.9. The molecular formula is C23H16F5NO2. The van der Waals surface area contributed by atoms with E-state index >= 15 is 0 Å². The molecule has 4 rings (SSSR count). The topological polar surface area (TPSA) is 38.3 Å². The summed E-state index contributed by atoms with van der Waals surface area (Å²) in [7, 11) is 0. The van der Waals surface area contributed by atoms with Crippen LogP contribution >= 0.6 is 0 Å². The van der Waals surface area contributed by atoms with Crippen molar-refractivity contribution in [1.82, 2.24) is 0 Å². The van der Waals surface area contributed by atoms with Crippen molar-refractivity contribution >= 4 is 11.6 Å². The number of fused-ring (bicyclic) bond motifs is 1. The molecule has 31 heavy (non-hydrogen) atoms. The molecule has 0 spiro atoms. The van der Waals surface area contributed by atoms with Gasteiger partial charge in [0.25, 0.3) is 0 Å². The summed E-state index contributed by atoms with van der Waals surface area (Å²) in [4.78, 5) is 12.8. The third-order valence-corrected chi connectivity index (χ3v) is 5.35. The average molecular weight is 433 g/mol. The summed E-state index contributed by atoms with van der Waals surface area (Å²) in [6.45, 7) is 1.62. The van der Waals surface area contributed by atoms with Gasteiger partial charge in [0.2, 0.25) is 5.91 Å². The van der Waals surface area contributed by atoms with Gasteiger partial charge < -0.3 is 10.1 Å². The Morgan fingerprint density at radius 1 is 1.00 bits per heavy atom. The van der Waals surface area contributed by atoms with Crippen LogP contribution in [0.2, 0.25) is 0 Å². The molecule has 160 valence electrons. The van der Waals surface area contributed by atoms with Crippen molar-refractivity contribution in [3.05, 3.63) is 83.4 Å². The van der Waals surface area contributed by atoms with Gasteiger partial charge in [-0.1, -0.05) is 30.3 Å². The maximum absolute atomic E-state index is 14.2. The Kier molecular flexibility index (Phi) is 4.95. The van der Waals surface area contributed by atoms with E-state index < -0.39 is 29.3 Å². The first-order valence-corrected chi connectivity index (χ1v) is 9.32. The van der Waals surface area contributed by atoms with Crippen LogP contribution in [0.15, 0.2) is 60.7 Å². The molecule has 3 aromatic rings. The number of ether oxygens (including phenoxy) is 1. The smallest absolute Gasteiger partial charge is 0.406 e. The van der Waals surface area contributed by atoms with E-state index in [4.69, 9.17) is 0 Å². The summed E-state index contributed by atoms with van der Waals surface area (Å²) in [5.41, 5.74) is 0.630. The maximum Gasteiger partial charge on any atom is 0.573 e. The van der Waals surface area contributed by atoms with Gasteiger partial charge in [-0.3, -0.25) is 4.79 Å². The van der Waals surface area contributed by atoms with Gasteiger partial charge in [-0.15, -0.1) is 13.2 Å². The maximum atomic E-state index is 14.2. The molecule has 0 radical (unpaired) electrons. The van der Waals surface area contributed by atoms with E-state index in [0.29, 0.717) is 16.8 Å². The average Bonchev–Trinajstić information content (AvgIpc) is 2.92. The van der Waals surface area contributed by atoms with Crippen molar-refractivity contribution in [2.45, 2.75) is 25.1 Å². The molecule has 1 unspecified atom stereocenters. The number of alkyl halides is 3. The lowest BCUT2D eigenvalue weighted by molar-refractivity contribution is -0.274. The standard InChI is InChI=1S/C23H16F5NO2/c1-22(12-14-4-2-3-5-20(14)31-23(26,27)28)17-9-6-13(10-19(17)29-21(22)30)16-8-7-15(24)11-18(16)25/h2-11H,12H2,1H3,(H,29,30). The molecule has 1 atom stereocenters. The fourth-order valence-corrected chi connectivity index (χ4v) is 3.83. The van der Waals surface area contributed by atoms with E-state index in [1.54, 1.807) is 31.2 Å². The van der Waals surface area contributed by atoms with E-state index in [1.165, 1.54) is 24.3 Å². The third kappa shape index (κ3) is 3.97. The van der Waals surface area contributed by atoms with E-state index in [1.807, 2.05) is 0 Å². The molecule has 1 aliphatic heterocycles. The van der Waals surface area contributed by atoms with Gasteiger partial charge in [-0.2, -0.15) is 0 Å². The Bertz CT molecular complexity index is 1170. The number of hydrogen-bond donors (Lipinski definition) is 1. The monoisotopic (exact) mass is 433 g/mol. The van der Waals surface area contributed by atoms with Gasteiger partial charge in [-0.05, 0) is 54.3 Å². The number of benzene rings is 3. The fourth-order valence-electron chi connectivity index (χ4n) is 3.83. The summed E-state index contributed by atoms with van der Waals surface area (Å²) in [6.07, 6.45) is -4.90. The molecule has 0 saturated heterocycles. The zero-order chi connectivity index (χ0) is 22.4. The second-order valence-electron chi connectivity index (χ2n) is 7.50. The number of halogens is 5. The highest BCUT2D eigenvalue weighted by Gasteiger charge is 2.44. The summed E-state index contributed by atoms with van der Waals surface area (Å²) < 4.78 is 69.7. The van der Waals surface area contributed by atoms with Crippen molar-refractivity contribution in [3.63, 3.8) is 0 Å². The van der Waals surface area contributed by atoms with Crippen LogP contribution in [0.1, 0.15) is 18.1 Å². The summed E-state index contributed by atoms with van der Waals surface area (Å²) >= 11 is 0. The summed E-state index contributed by atoms with van der Waals surface area (Å²) in [6, 6.07) is 13.6. The molecule has 3 aromatic carbocycles. The Labute approximate surface area is 174 Å². The van der Waals surface area contributed by atoms with Crippen LogP contribution in [0.4, 0.5) is 27.6 Å². The van der Waals surface area contributed by atoms with E-state index in [9.17, 15) is 26.7 Å². The van der Waals surface area contributed by atoms with Gasteiger partial charge in [0.15, 0.2) is 0 Å². The van der Waals surface area contributed by atoms with Crippen molar-refractivity contribution in [3.8, 4) is 16.9 Å². The van der Waals surface area contributed by atoms with E-state index in [2.05, 4.69) is 10.1 Å². The van der Waals surface area contributed by atoms with E-state index in [0.717, 1.165) is 12.1 Å². The molecule has 1 N–H and O–H groups in total. The van der Waals surface area contributed by atoms with Crippen LogP contribution in [0.3, 0.4) is 0 Å². The Morgan fingerprint density at radius 3 is 2.45 bits per heavy atom. The number of carbonyl (C=O) groups is 1. The number of hydrogen-bond acceptors (Lipinski definition) is 2. The molecule has 3 nitrogen and oxygen atoms in total. The summed E-state index contributed by atoms with van der Waals surface area (Å²) in [5, 5.41) is 2.72. The first-order valence-electron chi connectivity index (χ1n) is 9.32. The molecule has 0 bridgehead atoms. The molecule has 0 fully saturated rings. The van der Waals surface area contributed by atoms with Crippen molar-refractivity contribution in [2.75, 3.05) is 5.32 Å². The summed E-state index contributed by atoms with van der Waals surface area (Å²) in [5.74, 6) is -2.23. The predicted molar refractivity (Wildman–Crippen MR) is 105 cm³/mol. The number of carbonyl (C=O) groups excluding carboxylic acids is 1. The van der Waals surface area contributed by atoms with Crippen molar-refractivity contribution in [2.24, 2.45) is 0 Å². The van der Waals surface area contributed by atoms with Gasteiger partial charge in [0.05, 0.1) is 5.41 Å². The number of amides is 1. The molecule has 0 aliphatic carbocycles. The largest absolute Gasteiger partial charge is 0.573 e. The number of para-hydroxylation sites is 1. The quantitative estimate of drug-likeness (QED) is 0.514. The predicted octanol–water partition coefficient (Wildman–Crippen LogP) is 5.98. The lowest BCUT2D eigenvalue weighted by Crippen LogP contribution is -2.33. The van der Waals surface area contributed by atoms with Gasteiger partial charge in [-0.25, -0.2) is 8.78 Å². The molecule has 0 saturated carbocycles. The van der Waals surface area contributed by atoms with Gasteiger partial charge in [0, 0.05) is 17.3 Å². The molecule has 1 amide bonds. The number of nitrogens with one attached hydrogen (secondary N) is 1. The van der Waals surface area contributed by atoms with Crippen molar-refractivity contribution < 1.29 is 31.5 Å². The lowest BCUT2D eigenvalue weighted by atomic mass is 9.78. The minimum absolute atomic E-state index is 0.0393.